The van der Waals surface area contributed by atoms with Gasteiger partial charge in [0.05, 0.1) is 6.54 Å². The predicted molar refractivity (Wildman–Crippen MR) is 151 cm³/mol. The van der Waals surface area contributed by atoms with Crippen molar-refractivity contribution in [2.75, 3.05) is 38.0 Å². The Morgan fingerprint density at radius 2 is 1.78 bits per heavy atom. The molecule has 7 nitrogen and oxygen atoms in total. The van der Waals surface area contributed by atoms with E-state index in [-0.39, 0.29) is 18.0 Å². The summed E-state index contributed by atoms with van der Waals surface area (Å²) >= 11 is 7.34. The van der Waals surface area contributed by atoms with Crippen LogP contribution in [0.15, 0.2) is 66.1 Å². The Labute approximate surface area is 227 Å². The summed E-state index contributed by atoms with van der Waals surface area (Å²) in [6.45, 7) is 8.10. The van der Waals surface area contributed by atoms with Crippen LogP contribution in [-0.2, 0) is 6.54 Å². The van der Waals surface area contributed by atoms with Crippen molar-refractivity contribution in [2.24, 2.45) is 0 Å². The van der Waals surface area contributed by atoms with Gasteiger partial charge in [0.25, 0.3) is 5.91 Å². The highest BCUT2D eigenvalue weighted by Gasteiger charge is 2.25. The minimum atomic E-state index is -0.224. The van der Waals surface area contributed by atoms with E-state index in [1.165, 1.54) is 16.9 Å². The van der Waals surface area contributed by atoms with E-state index in [1.54, 1.807) is 34.5 Å². The van der Waals surface area contributed by atoms with Crippen molar-refractivity contribution in [3.63, 3.8) is 0 Å². The fourth-order valence-electron chi connectivity index (χ4n) is 4.04. The second-order valence-corrected chi connectivity index (χ2v) is 10.6. The van der Waals surface area contributed by atoms with Gasteiger partial charge in [-0.2, -0.15) is 0 Å². The molecule has 0 saturated carbocycles. The molecule has 37 heavy (non-hydrogen) atoms. The first-order chi connectivity index (χ1) is 17.9. The van der Waals surface area contributed by atoms with E-state index in [2.05, 4.69) is 39.5 Å². The minimum absolute atomic E-state index is 0.0423. The highest BCUT2D eigenvalue weighted by Crippen LogP contribution is 2.19. The van der Waals surface area contributed by atoms with E-state index in [1.807, 2.05) is 36.9 Å². The zero-order valence-corrected chi connectivity index (χ0v) is 22.7. The lowest BCUT2D eigenvalue weighted by molar-refractivity contribution is 0.0645. The van der Waals surface area contributed by atoms with Crippen LogP contribution in [0.3, 0.4) is 0 Å². The standard InChI is InChI=1S/C28H32ClN5O2S/c1-21(2)34(28(36)30-24-12-10-23(29)11-13-24)19-26-31-25(20-37-26)27(35)33-17-15-32(16-18-33)14-6-9-22-7-4-3-5-8-22/h3-13,20-21H,14-19H2,1-2H3,(H,30,36)/b9-6+. The third-order valence-electron chi connectivity index (χ3n) is 6.19. The molecule has 1 aliphatic heterocycles. The molecule has 3 amide bonds. The third kappa shape index (κ3) is 7.64. The molecule has 0 unspecified atom stereocenters. The smallest absolute Gasteiger partial charge is 0.322 e. The van der Waals surface area contributed by atoms with Gasteiger partial charge in [-0.1, -0.05) is 54.1 Å². The minimum Gasteiger partial charge on any atom is -0.335 e. The van der Waals surface area contributed by atoms with Crippen LogP contribution in [-0.4, -0.2) is 70.4 Å². The first kappa shape index (κ1) is 26.9. The number of anilines is 1. The molecule has 2 aromatic carbocycles. The van der Waals surface area contributed by atoms with Gasteiger partial charge in [0, 0.05) is 54.9 Å². The van der Waals surface area contributed by atoms with Gasteiger partial charge in [0.15, 0.2) is 0 Å². The Balaban J connectivity index is 1.28. The number of thiazole rings is 1. The first-order valence-corrected chi connectivity index (χ1v) is 13.7. The van der Waals surface area contributed by atoms with Gasteiger partial charge in [0.1, 0.15) is 10.7 Å². The number of aromatic nitrogens is 1. The van der Waals surface area contributed by atoms with Crippen LogP contribution in [0.4, 0.5) is 10.5 Å². The van der Waals surface area contributed by atoms with E-state index in [9.17, 15) is 9.59 Å². The van der Waals surface area contributed by atoms with Crippen molar-refractivity contribution >= 4 is 46.6 Å². The summed E-state index contributed by atoms with van der Waals surface area (Å²) in [6.07, 6.45) is 4.30. The highest BCUT2D eigenvalue weighted by atomic mass is 35.5. The molecule has 1 saturated heterocycles. The SMILES string of the molecule is CC(C)N(Cc1nc(C(=O)N2CCN(C/C=C/c3ccccc3)CC2)cs1)C(=O)Nc1ccc(Cl)cc1. The van der Waals surface area contributed by atoms with Gasteiger partial charge >= 0.3 is 6.03 Å². The number of carbonyl (C=O) groups excluding carboxylic acids is 2. The van der Waals surface area contributed by atoms with Crippen LogP contribution in [0.2, 0.25) is 5.02 Å². The number of nitrogens with one attached hydrogen (secondary N) is 1. The number of urea groups is 1. The highest BCUT2D eigenvalue weighted by molar-refractivity contribution is 7.09. The van der Waals surface area contributed by atoms with Crippen LogP contribution < -0.4 is 5.32 Å². The molecule has 1 aliphatic rings. The molecule has 0 bridgehead atoms. The van der Waals surface area contributed by atoms with Gasteiger partial charge in [-0.25, -0.2) is 9.78 Å². The number of rotatable bonds is 8. The zero-order valence-electron chi connectivity index (χ0n) is 21.1. The molecule has 0 atom stereocenters. The van der Waals surface area contributed by atoms with Crippen molar-refractivity contribution in [3.05, 3.63) is 87.3 Å². The Kier molecular flexibility index (Phi) is 9.33. The van der Waals surface area contributed by atoms with E-state index in [4.69, 9.17) is 11.6 Å². The molecule has 0 radical (unpaired) electrons. The molecule has 9 heteroatoms. The van der Waals surface area contributed by atoms with Crippen molar-refractivity contribution in [2.45, 2.75) is 26.4 Å². The molecular weight excluding hydrogens is 506 g/mol. The summed E-state index contributed by atoms with van der Waals surface area (Å²) in [5.74, 6) is -0.0521. The van der Waals surface area contributed by atoms with Gasteiger partial charge in [-0.15, -0.1) is 11.3 Å². The number of hydrogen-bond donors (Lipinski definition) is 1. The monoisotopic (exact) mass is 537 g/mol. The molecule has 0 aliphatic carbocycles. The Morgan fingerprint density at radius 1 is 1.08 bits per heavy atom. The number of halogens is 1. The second kappa shape index (κ2) is 12.9. The average Bonchev–Trinajstić information content (AvgIpc) is 3.38. The van der Waals surface area contributed by atoms with E-state index in [0.29, 0.717) is 36.0 Å². The van der Waals surface area contributed by atoms with E-state index >= 15 is 0 Å². The maximum Gasteiger partial charge on any atom is 0.322 e. The molecule has 0 spiro atoms. The number of hydrogen-bond acceptors (Lipinski definition) is 5. The summed E-state index contributed by atoms with van der Waals surface area (Å²) in [5.41, 5.74) is 2.30. The molecule has 4 rings (SSSR count). The van der Waals surface area contributed by atoms with Gasteiger partial charge in [-0.3, -0.25) is 9.69 Å². The van der Waals surface area contributed by atoms with Crippen LogP contribution in [0.5, 0.6) is 0 Å². The van der Waals surface area contributed by atoms with E-state index < -0.39 is 0 Å². The van der Waals surface area contributed by atoms with Gasteiger partial charge in [-0.05, 0) is 43.7 Å². The predicted octanol–water partition coefficient (Wildman–Crippen LogP) is 5.71. The van der Waals surface area contributed by atoms with Gasteiger partial charge in [0.2, 0.25) is 0 Å². The Hall–Kier alpha value is -3.20. The molecule has 1 N–H and O–H groups in total. The summed E-state index contributed by atoms with van der Waals surface area (Å²) in [7, 11) is 0. The fraction of sp³-hybridized carbons (Fsp3) is 0.321. The van der Waals surface area contributed by atoms with Crippen molar-refractivity contribution < 1.29 is 9.59 Å². The van der Waals surface area contributed by atoms with Crippen LogP contribution in [0.25, 0.3) is 6.08 Å². The number of benzene rings is 2. The maximum atomic E-state index is 13.1. The Bertz CT molecular complexity index is 1200. The van der Waals surface area contributed by atoms with Crippen molar-refractivity contribution in [1.82, 2.24) is 19.7 Å². The zero-order chi connectivity index (χ0) is 26.2. The first-order valence-electron chi connectivity index (χ1n) is 12.4. The summed E-state index contributed by atoms with van der Waals surface area (Å²) in [4.78, 5) is 36.4. The van der Waals surface area contributed by atoms with Crippen molar-refractivity contribution in [3.8, 4) is 0 Å². The normalized spacial score (nSPS) is 14.3. The molecule has 194 valence electrons. The topological polar surface area (TPSA) is 68.8 Å². The second-order valence-electron chi connectivity index (χ2n) is 9.19. The third-order valence-corrected chi connectivity index (χ3v) is 7.27. The van der Waals surface area contributed by atoms with Crippen LogP contribution in [0.1, 0.15) is 34.9 Å². The van der Waals surface area contributed by atoms with E-state index in [0.717, 1.165) is 24.6 Å². The molecular formula is C28H32ClN5O2S. The number of piperazine rings is 1. The van der Waals surface area contributed by atoms with Crippen LogP contribution in [0, 0.1) is 0 Å². The lowest BCUT2D eigenvalue weighted by Crippen LogP contribution is -2.48. The Morgan fingerprint density at radius 3 is 2.46 bits per heavy atom. The van der Waals surface area contributed by atoms with Crippen molar-refractivity contribution in [1.29, 1.82) is 0 Å². The number of nitrogens with zero attached hydrogens (tertiary/aromatic N) is 4. The lowest BCUT2D eigenvalue weighted by atomic mass is 10.2. The quantitative estimate of drug-likeness (QED) is 0.399. The van der Waals surface area contributed by atoms with Gasteiger partial charge < -0.3 is 15.1 Å². The molecule has 3 aromatic rings. The average molecular weight is 538 g/mol. The summed E-state index contributed by atoms with van der Waals surface area (Å²) < 4.78 is 0. The number of carbonyl (C=O) groups is 2. The largest absolute Gasteiger partial charge is 0.335 e. The molecule has 2 heterocycles. The number of amides is 3. The maximum absolute atomic E-state index is 13.1. The van der Waals surface area contributed by atoms with Crippen LogP contribution >= 0.6 is 22.9 Å². The molecule has 1 fully saturated rings. The fourth-order valence-corrected chi connectivity index (χ4v) is 4.93. The molecule has 1 aromatic heterocycles. The summed E-state index contributed by atoms with van der Waals surface area (Å²) in [6, 6.07) is 17.0. The summed E-state index contributed by atoms with van der Waals surface area (Å²) in [5, 5.41) is 6.04. The lowest BCUT2D eigenvalue weighted by Gasteiger charge is -2.33.